The fraction of sp³-hybridized carbons (Fsp3) is 0.385. The van der Waals surface area contributed by atoms with Crippen molar-refractivity contribution in [3.8, 4) is 11.4 Å². The standard InChI is InChI=1S/C13H14FN3OS/c14-11-4-2-1-3-10(11)12-15-16-13(19-8-7-18)17(12)9-5-6-9/h1-4,9,18H,5-8H2. The van der Waals surface area contributed by atoms with Crippen molar-refractivity contribution in [1.29, 1.82) is 0 Å². The molecule has 0 spiro atoms. The molecule has 3 rings (SSSR count). The molecular weight excluding hydrogens is 265 g/mol. The molecule has 1 aliphatic carbocycles. The van der Waals surface area contributed by atoms with Crippen LogP contribution in [0.1, 0.15) is 18.9 Å². The molecule has 1 aliphatic rings. The molecule has 4 nitrogen and oxygen atoms in total. The first-order chi connectivity index (χ1) is 9.31. The van der Waals surface area contributed by atoms with E-state index in [1.54, 1.807) is 18.2 Å². The molecular formula is C13H14FN3OS. The van der Waals surface area contributed by atoms with Gasteiger partial charge in [-0.05, 0) is 25.0 Å². The van der Waals surface area contributed by atoms with Crippen LogP contribution in [0.25, 0.3) is 11.4 Å². The number of rotatable bonds is 5. The van der Waals surface area contributed by atoms with Crippen LogP contribution in [-0.4, -0.2) is 32.2 Å². The van der Waals surface area contributed by atoms with Crippen LogP contribution in [0.3, 0.4) is 0 Å². The number of hydrogen-bond donors (Lipinski definition) is 1. The molecule has 1 fully saturated rings. The zero-order valence-corrected chi connectivity index (χ0v) is 11.1. The highest BCUT2D eigenvalue weighted by atomic mass is 32.2. The van der Waals surface area contributed by atoms with Crippen molar-refractivity contribution in [2.75, 3.05) is 12.4 Å². The number of benzene rings is 1. The Hall–Kier alpha value is -1.40. The van der Waals surface area contributed by atoms with E-state index in [-0.39, 0.29) is 12.4 Å². The van der Waals surface area contributed by atoms with Crippen LogP contribution in [0.5, 0.6) is 0 Å². The van der Waals surface area contributed by atoms with Gasteiger partial charge in [-0.1, -0.05) is 23.9 Å². The van der Waals surface area contributed by atoms with Gasteiger partial charge in [0.1, 0.15) is 5.82 Å². The lowest BCUT2D eigenvalue weighted by Gasteiger charge is -2.08. The van der Waals surface area contributed by atoms with Crippen LogP contribution in [0.15, 0.2) is 29.4 Å². The number of aliphatic hydroxyl groups is 1. The van der Waals surface area contributed by atoms with Crippen molar-refractivity contribution in [2.24, 2.45) is 0 Å². The maximum absolute atomic E-state index is 13.9. The van der Waals surface area contributed by atoms with Gasteiger partial charge in [-0.3, -0.25) is 4.57 Å². The smallest absolute Gasteiger partial charge is 0.191 e. The number of nitrogens with zero attached hydrogens (tertiary/aromatic N) is 3. The molecule has 0 radical (unpaired) electrons. The average Bonchev–Trinajstić information content (AvgIpc) is 3.18. The summed E-state index contributed by atoms with van der Waals surface area (Å²) < 4.78 is 15.9. The second kappa shape index (κ2) is 5.30. The van der Waals surface area contributed by atoms with Crippen LogP contribution < -0.4 is 0 Å². The Bertz CT molecular complexity index is 583. The molecule has 2 aromatic rings. The Morgan fingerprint density at radius 2 is 2.11 bits per heavy atom. The Labute approximate surface area is 114 Å². The predicted octanol–water partition coefficient (Wildman–Crippen LogP) is 2.50. The van der Waals surface area contributed by atoms with Gasteiger partial charge in [-0.15, -0.1) is 10.2 Å². The van der Waals surface area contributed by atoms with E-state index in [2.05, 4.69) is 10.2 Å². The van der Waals surface area contributed by atoms with E-state index in [1.165, 1.54) is 17.8 Å². The molecule has 0 amide bonds. The SMILES string of the molecule is OCCSc1nnc(-c2ccccc2F)n1C1CC1. The molecule has 1 N–H and O–H groups in total. The van der Waals surface area contributed by atoms with Gasteiger partial charge in [-0.2, -0.15) is 0 Å². The summed E-state index contributed by atoms with van der Waals surface area (Å²) in [5, 5.41) is 17.9. The zero-order chi connectivity index (χ0) is 13.2. The van der Waals surface area contributed by atoms with Gasteiger partial charge in [0.15, 0.2) is 11.0 Å². The summed E-state index contributed by atoms with van der Waals surface area (Å²) in [4.78, 5) is 0. The van der Waals surface area contributed by atoms with Gasteiger partial charge in [-0.25, -0.2) is 4.39 Å². The monoisotopic (exact) mass is 279 g/mol. The van der Waals surface area contributed by atoms with Crippen LogP contribution in [0, 0.1) is 5.82 Å². The fourth-order valence-corrected chi connectivity index (χ4v) is 2.75. The van der Waals surface area contributed by atoms with Crippen molar-refractivity contribution in [1.82, 2.24) is 14.8 Å². The highest BCUT2D eigenvalue weighted by molar-refractivity contribution is 7.99. The molecule has 0 saturated heterocycles. The van der Waals surface area contributed by atoms with Gasteiger partial charge >= 0.3 is 0 Å². The maximum Gasteiger partial charge on any atom is 0.191 e. The minimum Gasteiger partial charge on any atom is -0.396 e. The maximum atomic E-state index is 13.9. The lowest BCUT2D eigenvalue weighted by Crippen LogP contribution is -2.01. The number of hydrogen-bond acceptors (Lipinski definition) is 4. The summed E-state index contributed by atoms with van der Waals surface area (Å²) in [5.74, 6) is 0.874. The first kappa shape index (κ1) is 12.6. The van der Waals surface area contributed by atoms with Crippen LogP contribution >= 0.6 is 11.8 Å². The molecule has 6 heteroatoms. The third-order valence-corrected chi connectivity index (χ3v) is 3.94. The van der Waals surface area contributed by atoms with E-state index in [0.29, 0.717) is 23.2 Å². The molecule has 0 unspecified atom stereocenters. The molecule has 0 atom stereocenters. The number of aromatic nitrogens is 3. The molecule has 1 aromatic heterocycles. The lowest BCUT2D eigenvalue weighted by atomic mass is 10.2. The predicted molar refractivity (Wildman–Crippen MR) is 71.5 cm³/mol. The first-order valence-electron chi connectivity index (χ1n) is 6.24. The summed E-state index contributed by atoms with van der Waals surface area (Å²) in [5.41, 5.74) is 0.484. The van der Waals surface area contributed by atoms with Crippen molar-refractivity contribution in [3.63, 3.8) is 0 Å². The zero-order valence-electron chi connectivity index (χ0n) is 10.3. The number of thioether (sulfide) groups is 1. The van der Waals surface area contributed by atoms with Crippen molar-refractivity contribution >= 4 is 11.8 Å². The van der Waals surface area contributed by atoms with Crippen LogP contribution in [0.4, 0.5) is 4.39 Å². The lowest BCUT2D eigenvalue weighted by molar-refractivity contribution is 0.322. The molecule has 100 valence electrons. The highest BCUT2D eigenvalue weighted by Crippen LogP contribution is 2.41. The van der Waals surface area contributed by atoms with Crippen molar-refractivity contribution in [2.45, 2.75) is 24.0 Å². The topological polar surface area (TPSA) is 50.9 Å². The fourth-order valence-electron chi connectivity index (χ4n) is 2.00. The van der Waals surface area contributed by atoms with E-state index in [4.69, 9.17) is 5.11 Å². The Morgan fingerprint density at radius 3 is 2.79 bits per heavy atom. The van der Waals surface area contributed by atoms with Gasteiger partial charge < -0.3 is 5.11 Å². The van der Waals surface area contributed by atoms with E-state index in [9.17, 15) is 4.39 Å². The molecule has 1 heterocycles. The first-order valence-corrected chi connectivity index (χ1v) is 7.23. The quantitative estimate of drug-likeness (QED) is 0.854. The minimum absolute atomic E-state index is 0.0945. The molecule has 1 aromatic carbocycles. The number of halogens is 1. The van der Waals surface area contributed by atoms with Gasteiger partial charge in [0.25, 0.3) is 0 Å². The van der Waals surface area contributed by atoms with Crippen molar-refractivity contribution in [3.05, 3.63) is 30.1 Å². The summed E-state index contributed by atoms with van der Waals surface area (Å²) in [6.07, 6.45) is 2.15. The number of aliphatic hydroxyl groups excluding tert-OH is 1. The normalized spacial score (nSPS) is 14.8. The largest absolute Gasteiger partial charge is 0.396 e. The van der Waals surface area contributed by atoms with E-state index < -0.39 is 0 Å². The van der Waals surface area contributed by atoms with Crippen LogP contribution in [-0.2, 0) is 0 Å². The molecule has 19 heavy (non-hydrogen) atoms. The molecule has 0 aliphatic heterocycles. The van der Waals surface area contributed by atoms with E-state index in [0.717, 1.165) is 18.0 Å². The van der Waals surface area contributed by atoms with E-state index in [1.807, 2.05) is 4.57 Å². The summed E-state index contributed by atoms with van der Waals surface area (Å²) in [6, 6.07) is 6.98. The highest BCUT2D eigenvalue weighted by Gasteiger charge is 2.30. The Balaban J connectivity index is 2.02. The molecule has 0 bridgehead atoms. The van der Waals surface area contributed by atoms with Crippen LogP contribution in [0.2, 0.25) is 0 Å². The van der Waals surface area contributed by atoms with Gasteiger partial charge in [0.05, 0.1) is 12.2 Å². The second-order valence-corrected chi connectivity index (χ2v) is 5.52. The molecule has 1 saturated carbocycles. The van der Waals surface area contributed by atoms with Crippen molar-refractivity contribution < 1.29 is 9.50 Å². The summed E-state index contributed by atoms with van der Waals surface area (Å²) in [6.45, 7) is 0.0945. The van der Waals surface area contributed by atoms with Gasteiger partial charge in [0.2, 0.25) is 0 Å². The summed E-state index contributed by atoms with van der Waals surface area (Å²) >= 11 is 1.45. The Morgan fingerprint density at radius 1 is 1.32 bits per heavy atom. The second-order valence-electron chi connectivity index (χ2n) is 4.46. The minimum atomic E-state index is -0.282. The third-order valence-electron chi connectivity index (χ3n) is 3.01. The third kappa shape index (κ3) is 2.50. The Kier molecular flexibility index (Phi) is 3.52. The van der Waals surface area contributed by atoms with Gasteiger partial charge in [0, 0.05) is 11.8 Å². The van der Waals surface area contributed by atoms with E-state index >= 15 is 0 Å². The summed E-state index contributed by atoms with van der Waals surface area (Å²) in [7, 11) is 0. The average molecular weight is 279 g/mol.